The first kappa shape index (κ1) is 25.4. The van der Waals surface area contributed by atoms with Crippen LogP contribution in [0.1, 0.15) is 30.4 Å². The number of alkyl halides is 3. The number of imide groups is 1. The normalized spacial score (nSPS) is 18.0. The predicted octanol–water partition coefficient (Wildman–Crippen LogP) is 5.88. The van der Waals surface area contributed by atoms with Crippen LogP contribution in [0.25, 0.3) is 6.08 Å². The van der Waals surface area contributed by atoms with Crippen LogP contribution < -0.4 is 0 Å². The van der Waals surface area contributed by atoms with Crippen molar-refractivity contribution in [2.75, 3.05) is 19.6 Å². The van der Waals surface area contributed by atoms with Crippen molar-refractivity contribution >= 4 is 46.3 Å². The van der Waals surface area contributed by atoms with E-state index < -0.39 is 22.9 Å². The molecule has 0 aromatic heterocycles. The van der Waals surface area contributed by atoms with Gasteiger partial charge in [0.15, 0.2) is 0 Å². The first-order valence-corrected chi connectivity index (χ1v) is 11.9. The molecule has 2 fully saturated rings. The number of phenols is 1. The average Bonchev–Trinajstić information content (AvgIpc) is 3.12. The second kappa shape index (κ2) is 10.5. The molecule has 2 aromatic carbocycles. The van der Waals surface area contributed by atoms with Gasteiger partial charge in [0.2, 0.25) is 5.91 Å². The summed E-state index contributed by atoms with van der Waals surface area (Å²) in [6.07, 6.45) is -0.411. The molecule has 2 aliphatic rings. The molecule has 0 saturated carbocycles. The van der Waals surface area contributed by atoms with E-state index in [0.29, 0.717) is 24.9 Å². The Morgan fingerprint density at radius 1 is 1.03 bits per heavy atom. The zero-order chi connectivity index (χ0) is 25.9. The van der Waals surface area contributed by atoms with Crippen molar-refractivity contribution in [2.45, 2.75) is 25.4 Å². The van der Waals surface area contributed by atoms with E-state index in [-0.39, 0.29) is 40.0 Å². The summed E-state index contributed by atoms with van der Waals surface area (Å²) in [6, 6.07) is 8.41. The molecule has 0 aliphatic carbocycles. The molecule has 0 atom stereocenters. The number of hydrogen-bond acceptors (Lipinski definition) is 7. The average molecular weight is 519 g/mol. The van der Waals surface area contributed by atoms with Crippen molar-refractivity contribution in [2.24, 2.45) is 10.2 Å². The Bertz CT molecular complexity index is 1260. The fourth-order valence-electron chi connectivity index (χ4n) is 3.74. The molecule has 2 heterocycles. The van der Waals surface area contributed by atoms with E-state index in [1.165, 1.54) is 36.4 Å². The summed E-state index contributed by atoms with van der Waals surface area (Å²) in [5.74, 6) is -1.15. The number of likely N-dealkylation sites (tertiary alicyclic amines) is 1. The Balaban J connectivity index is 1.50. The van der Waals surface area contributed by atoms with E-state index >= 15 is 0 Å². The van der Waals surface area contributed by atoms with Crippen LogP contribution in [0.2, 0.25) is 0 Å². The Morgan fingerprint density at radius 3 is 2.42 bits per heavy atom. The molecule has 3 amide bonds. The van der Waals surface area contributed by atoms with Gasteiger partial charge in [-0.05, 0) is 73.5 Å². The molecule has 2 aromatic rings. The van der Waals surface area contributed by atoms with Crippen molar-refractivity contribution in [3.63, 3.8) is 0 Å². The van der Waals surface area contributed by atoms with Crippen molar-refractivity contribution in [3.05, 3.63) is 58.5 Å². The lowest BCUT2D eigenvalue weighted by atomic mass is 10.1. The molecule has 0 spiro atoms. The fourth-order valence-corrected chi connectivity index (χ4v) is 4.56. The van der Waals surface area contributed by atoms with Gasteiger partial charge in [-0.25, -0.2) is 0 Å². The lowest BCUT2D eigenvalue weighted by molar-refractivity contribution is -0.137. The SMILES string of the molecule is O=C(CN1C(=O)S/C(=C\c2cc(N=Nc3cccc(C(F)(F)F)c3)ccc2O)C1=O)N1CCCCC1. The molecule has 2 saturated heterocycles. The topological polar surface area (TPSA) is 103 Å². The number of nitrogens with zero attached hydrogens (tertiary/aromatic N) is 4. The van der Waals surface area contributed by atoms with Crippen molar-refractivity contribution in [3.8, 4) is 5.75 Å². The molecule has 2 aliphatic heterocycles. The number of rotatable bonds is 5. The van der Waals surface area contributed by atoms with Crippen LogP contribution in [0.3, 0.4) is 0 Å². The smallest absolute Gasteiger partial charge is 0.416 e. The van der Waals surface area contributed by atoms with Crippen LogP contribution in [0.4, 0.5) is 29.3 Å². The first-order valence-electron chi connectivity index (χ1n) is 11.1. The maximum Gasteiger partial charge on any atom is 0.416 e. The zero-order valence-electron chi connectivity index (χ0n) is 18.9. The molecule has 0 bridgehead atoms. The number of piperidine rings is 1. The van der Waals surface area contributed by atoms with Gasteiger partial charge in [-0.3, -0.25) is 19.3 Å². The second-order valence-corrected chi connectivity index (χ2v) is 9.19. The Morgan fingerprint density at radius 2 is 1.72 bits per heavy atom. The maximum atomic E-state index is 12.9. The Labute approximate surface area is 208 Å². The van der Waals surface area contributed by atoms with Crippen molar-refractivity contribution < 1.29 is 32.7 Å². The summed E-state index contributed by atoms with van der Waals surface area (Å²) in [5, 5.41) is 17.4. The molecule has 0 unspecified atom stereocenters. The standard InChI is InChI=1S/C24H21F3N4O4S/c25-24(26,27)16-5-4-6-17(13-16)28-29-18-7-8-19(32)15(11-18)12-20-22(34)31(23(35)36-20)14-21(33)30-9-2-1-3-10-30/h4-8,11-13,32H,1-3,9-10,14H2/b20-12-,29-28?. The molecule has 4 rings (SSSR count). The monoisotopic (exact) mass is 518 g/mol. The number of halogens is 3. The van der Waals surface area contributed by atoms with E-state index in [0.717, 1.165) is 36.3 Å². The minimum absolute atomic E-state index is 0.0149. The summed E-state index contributed by atoms with van der Waals surface area (Å²) in [6.45, 7) is 0.848. The Hall–Kier alpha value is -3.67. The summed E-state index contributed by atoms with van der Waals surface area (Å²) in [7, 11) is 0. The zero-order valence-corrected chi connectivity index (χ0v) is 19.7. The van der Waals surface area contributed by atoms with Crippen molar-refractivity contribution in [1.82, 2.24) is 9.80 Å². The number of azo groups is 1. The third kappa shape index (κ3) is 5.93. The van der Waals surface area contributed by atoms with E-state index in [4.69, 9.17) is 0 Å². The van der Waals surface area contributed by atoms with Gasteiger partial charge in [0.05, 0.1) is 21.8 Å². The second-order valence-electron chi connectivity index (χ2n) is 8.20. The number of thioether (sulfide) groups is 1. The summed E-state index contributed by atoms with van der Waals surface area (Å²) >= 11 is 0.650. The van der Waals surface area contributed by atoms with E-state index in [1.807, 2.05) is 0 Å². The summed E-state index contributed by atoms with van der Waals surface area (Å²) < 4.78 is 38.7. The Kier molecular flexibility index (Phi) is 7.43. The first-order chi connectivity index (χ1) is 17.1. The maximum absolute atomic E-state index is 12.9. The van der Waals surface area contributed by atoms with Gasteiger partial charge in [0.25, 0.3) is 11.1 Å². The van der Waals surface area contributed by atoms with Gasteiger partial charge < -0.3 is 10.0 Å². The van der Waals surface area contributed by atoms with Gasteiger partial charge in [-0.2, -0.15) is 23.4 Å². The number of carbonyl (C=O) groups excluding carboxylic acids is 3. The number of benzene rings is 2. The molecular formula is C24H21F3N4O4S. The van der Waals surface area contributed by atoms with Gasteiger partial charge in [0, 0.05) is 18.7 Å². The highest BCUT2D eigenvalue weighted by Crippen LogP contribution is 2.36. The van der Waals surface area contributed by atoms with Crippen LogP contribution >= 0.6 is 11.8 Å². The highest BCUT2D eigenvalue weighted by atomic mass is 32.2. The van der Waals surface area contributed by atoms with E-state index in [2.05, 4.69) is 10.2 Å². The highest BCUT2D eigenvalue weighted by Gasteiger charge is 2.37. The third-order valence-electron chi connectivity index (χ3n) is 5.63. The number of hydrogen-bond donors (Lipinski definition) is 1. The minimum Gasteiger partial charge on any atom is -0.507 e. The predicted molar refractivity (Wildman–Crippen MR) is 127 cm³/mol. The molecule has 12 heteroatoms. The fraction of sp³-hybridized carbons (Fsp3) is 0.292. The molecule has 0 radical (unpaired) electrons. The van der Waals surface area contributed by atoms with Crippen LogP contribution in [-0.4, -0.2) is 51.6 Å². The highest BCUT2D eigenvalue weighted by molar-refractivity contribution is 8.18. The van der Waals surface area contributed by atoms with Crippen LogP contribution in [-0.2, 0) is 15.8 Å². The van der Waals surface area contributed by atoms with E-state index in [1.54, 1.807) is 4.90 Å². The van der Waals surface area contributed by atoms with Gasteiger partial charge >= 0.3 is 6.18 Å². The van der Waals surface area contributed by atoms with E-state index in [9.17, 15) is 32.7 Å². The lowest BCUT2D eigenvalue weighted by Crippen LogP contribution is -2.44. The summed E-state index contributed by atoms with van der Waals surface area (Å²) in [4.78, 5) is 40.2. The number of carbonyl (C=O) groups is 3. The largest absolute Gasteiger partial charge is 0.507 e. The lowest BCUT2D eigenvalue weighted by Gasteiger charge is -2.27. The number of aromatic hydroxyl groups is 1. The van der Waals surface area contributed by atoms with Crippen LogP contribution in [0.5, 0.6) is 5.75 Å². The van der Waals surface area contributed by atoms with Gasteiger partial charge in [-0.1, -0.05) is 6.07 Å². The summed E-state index contributed by atoms with van der Waals surface area (Å²) in [5.41, 5.74) is -0.516. The number of phenolic OH excluding ortho intramolecular Hbond substituents is 1. The van der Waals surface area contributed by atoms with Gasteiger partial charge in [0.1, 0.15) is 12.3 Å². The van der Waals surface area contributed by atoms with Gasteiger partial charge in [-0.15, -0.1) is 0 Å². The molecule has 8 nitrogen and oxygen atoms in total. The molecular weight excluding hydrogens is 497 g/mol. The molecule has 188 valence electrons. The van der Waals surface area contributed by atoms with Crippen molar-refractivity contribution in [1.29, 1.82) is 0 Å². The number of amides is 3. The minimum atomic E-state index is -4.52. The molecule has 1 N–H and O–H groups in total. The molecule has 36 heavy (non-hydrogen) atoms. The van der Waals surface area contributed by atoms with Crippen LogP contribution in [0.15, 0.2) is 57.6 Å². The van der Waals surface area contributed by atoms with Crippen LogP contribution in [0, 0.1) is 0 Å². The third-order valence-corrected chi connectivity index (χ3v) is 6.54. The quantitative estimate of drug-likeness (QED) is 0.394.